The Kier molecular flexibility index (Phi) is 4.43. The maximum Gasteiger partial charge on any atom is 0.219 e. The third-order valence-corrected chi connectivity index (χ3v) is 3.25. The number of methoxy groups -OCH3 is 1. The summed E-state index contributed by atoms with van der Waals surface area (Å²) in [5, 5.41) is 0. The molecule has 100 valence electrons. The molecule has 0 saturated carbocycles. The van der Waals surface area contributed by atoms with Crippen LogP contribution in [0.1, 0.15) is 25.3 Å². The van der Waals surface area contributed by atoms with Crippen LogP contribution in [0.25, 0.3) is 0 Å². The van der Waals surface area contributed by atoms with Crippen molar-refractivity contribution < 1.29 is 9.47 Å². The van der Waals surface area contributed by atoms with Crippen LogP contribution in [0.15, 0.2) is 41.0 Å². The highest BCUT2D eigenvalue weighted by Gasteiger charge is 2.10. The topological polar surface area (TPSA) is 31.4 Å². The van der Waals surface area contributed by atoms with Gasteiger partial charge in [-0.25, -0.2) is 4.98 Å². The van der Waals surface area contributed by atoms with Gasteiger partial charge in [0.05, 0.1) is 13.3 Å². The first-order valence-corrected chi connectivity index (χ1v) is 6.87. The Morgan fingerprint density at radius 2 is 1.95 bits per heavy atom. The SMILES string of the molecule is COc1ccc(Oc2ccc(Br)cc2C(C)C)nc1. The van der Waals surface area contributed by atoms with Gasteiger partial charge in [-0.1, -0.05) is 29.8 Å². The Labute approximate surface area is 121 Å². The van der Waals surface area contributed by atoms with Crippen LogP contribution >= 0.6 is 15.9 Å². The van der Waals surface area contributed by atoms with E-state index in [2.05, 4.69) is 40.8 Å². The smallest absolute Gasteiger partial charge is 0.219 e. The van der Waals surface area contributed by atoms with Crippen molar-refractivity contribution in [2.45, 2.75) is 19.8 Å². The van der Waals surface area contributed by atoms with E-state index in [-0.39, 0.29) is 0 Å². The lowest BCUT2D eigenvalue weighted by Crippen LogP contribution is -1.95. The van der Waals surface area contributed by atoms with Gasteiger partial charge in [-0.3, -0.25) is 0 Å². The molecule has 19 heavy (non-hydrogen) atoms. The fraction of sp³-hybridized carbons (Fsp3) is 0.267. The molecule has 1 aromatic carbocycles. The van der Waals surface area contributed by atoms with E-state index in [4.69, 9.17) is 9.47 Å². The molecule has 0 radical (unpaired) electrons. The molecule has 1 aromatic heterocycles. The molecule has 0 atom stereocenters. The van der Waals surface area contributed by atoms with Crippen molar-refractivity contribution in [2.24, 2.45) is 0 Å². The fourth-order valence-corrected chi connectivity index (χ4v) is 2.10. The number of rotatable bonds is 4. The van der Waals surface area contributed by atoms with E-state index in [1.54, 1.807) is 19.4 Å². The van der Waals surface area contributed by atoms with Crippen molar-refractivity contribution >= 4 is 15.9 Å². The Balaban J connectivity index is 2.26. The summed E-state index contributed by atoms with van der Waals surface area (Å²) in [5.41, 5.74) is 1.15. The van der Waals surface area contributed by atoms with Crippen molar-refractivity contribution in [3.8, 4) is 17.4 Å². The van der Waals surface area contributed by atoms with Crippen LogP contribution in [0.3, 0.4) is 0 Å². The molecule has 0 fully saturated rings. The Hall–Kier alpha value is -1.55. The molecule has 0 aliphatic heterocycles. The minimum Gasteiger partial charge on any atom is -0.495 e. The summed E-state index contributed by atoms with van der Waals surface area (Å²) >= 11 is 3.48. The lowest BCUT2D eigenvalue weighted by molar-refractivity contribution is 0.407. The summed E-state index contributed by atoms with van der Waals surface area (Å²) in [6.07, 6.45) is 1.64. The quantitative estimate of drug-likeness (QED) is 0.812. The van der Waals surface area contributed by atoms with E-state index in [0.29, 0.717) is 17.5 Å². The van der Waals surface area contributed by atoms with E-state index in [0.717, 1.165) is 15.8 Å². The van der Waals surface area contributed by atoms with Gasteiger partial charge in [0.25, 0.3) is 0 Å². The number of ether oxygens (including phenoxy) is 2. The van der Waals surface area contributed by atoms with Gasteiger partial charge in [-0.05, 0) is 35.7 Å². The van der Waals surface area contributed by atoms with Crippen molar-refractivity contribution in [3.05, 3.63) is 46.6 Å². The number of hydrogen-bond donors (Lipinski definition) is 0. The van der Waals surface area contributed by atoms with Crippen LogP contribution in [0, 0.1) is 0 Å². The lowest BCUT2D eigenvalue weighted by atomic mass is 10.0. The predicted octanol–water partition coefficient (Wildman–Crippen LogP) is 4.77. The molecule has 0 aliphatic carbocycles. The minimum absolute atomic E-state index is 0.380. The van der Waals surface area contributed by atoms with Crippen molar-refractivity contribution in [2.75, 3.05) is 7.11 Å². The van der Waals surface area contributed by atoms with Crippen molar-refractivity contribution in [3.63, 3.8) is 0 Å². The van der Waals surface area contributed by atoms with Gasteiger partial charge in [0, 0.05) is 10.5 Å². The average molecular weight is 322 g/mol. The summed E-state index contributed by atoms with van der Waals surface area (Å²) in [6.45, 7) is 4.27. The van der Waals surface area contributed by atoms with Gasteiger partial charge in [-0.15, -0.1) is 0 Å². The standard InChI is InChI=1S/C15H16BrNO2/c1-10(2)13-8-11(16)4-6-14(13)19-15-7-5-12(18-3)9-17-15/h4-10H,1-3H3. The highest BCUT2D eigenvalue weighted by molar-refractivity contribution is 9.10. The van der Waals surface area contributed by atoms with Crippen molar-refractivity contribution in [1.29, 1.82) is 0 Å². The molecule has 0 bridgehead atoms. The second kappa shape index (κ2) is 6.06. The summed E-state index contributed by atoms with van der Waals surface area (Å²) in [5.74, 6) is 2.49. The maximum atomic E-state index is 5.84. The Morgan fingerprint density at radius 1 is 1.16 bits per heavy atom. The zero-order valence-electron chi connectivity index (χ0n) is 11.2. The largest absolute Gasteiger partial charge is 0.495 e. The third-order valence-electron chi connectivity index (χ3n) is 2.75. The molecule has 4 heteroatoms. The van der Waals surface area contributed by atoms with Gasteiger partial charge >= 0.3 is 0 Å². The van der Waals surface area contributed by atoms with E-state index in [1.807, 2.05) is 18.2 Å². The highest BCUT2D eigenvalue weighted by atomic mass is 79.9. The summed E-state index contributed by atoms with van der Waals surface area (Å²) < 4.78 is 12.0. The first-order chi connectivity index (χ1) is 9.10. The molecule has 1 heterocycles. The van der Waals surface area contributed by atoms with Crippen LogP contribution in [0.4, 0.5) is 0 Å². The van der Waals surface area contributed by atoms with Crippen molar-refractivity contribution in [1.82, 2.24) is 4.98 Å². The molecule has 0 N–H and O–H groups in total. The average Bonchev–Trinajstić information content (AvgIpc) is 2.41. The van der Waals surface area contributed by atoms with Crippen LogP contribution in [0.2, 0.25) is 0 Å². The van der Waals surface area contributed by atoms with Gasteiger partial charge in [0.2, 0.25) is 5.88 Å². The molecular weight excluding hydrogens is 306 g/mol. The van der Waals surface area contributed by atoms with Gasteiger partial charge in [-0.2, -0.15) is 0 Å². The molecule has 0 amide bonds. The molecule has 0 spiro atoms. The number of halogens is 1. The molecule has 2 rings (SSSR count). The Bertz CT molecular complexity index is 553. The van der Waals surface area contributed by atoms with Crippen LogP contribution < -0.4 is 9.47 Å². The first-order valence-electron chi connectivity index (χ1n) is 6.07. The number of hydrogen-bond acceptors (Lipinski definition) is 3. The van der Waals surface area contributed by atoms with Gasteiger partial charge in [0.1, 0.15) is 11.5 Å². The number of pyridine rings is 1. The van der Waals surface area contributed by atoms with Crippen LogP contribution in [0.5, 0.6) is 17.4 Å². The van der Waals surface area contributed by atoms with Crippen LogP contribution in [-0.2, 0) is 0 Å². The van der Waals surface area contributed by atoms with E-state index in [1.165, 1.54) is 0 Å². The molecule has 0 aliphatic rings. The lowest BCUT2D eigenvalue weighted by Gasteiger charge is -2.13. The van der Waals surface area contributed by atoms with E-state index < -0.39 is 0 Å². The fourth-order valence-electron chi connectivity index (χ4n) is 1.72. The predicted molar refractivity (Wildman–Crippen MR) is 79.1 cm³/mol. The van der Waals surface area contributed by atoms with E-state index >= 15 is 0 Å². The summed E-state index contributed by atoms with van der Waals surface area (Å²) in [6, 6.07) is 9.61. The summed E-state index contributed by atoms with van der Waals surface area (Å²) in [7, 11) is 1.61. The minimum atomic E-state index is 0.380. The second-order valence-electron chi connectivity index (χ2n) is 4.48. The molecule has 3 nitrogen and oxygen atoms in total. The number of benzene rings is 1. The van der Waals surface area contributed by atoms with Gasteiger partial charge < -0.3 is 9.47 Å². The van der Waals surface area contributed by atoms with E-state index in [9.17, 15) is 0 Å². The Morgan fingerprint density at radius 3 is 2.53 bits per heavy atom. The number of nitrogens with zero attached hydrogens (tertiary/aromatic N) is 1. The second-order valence-corrected chi connectivity index (χ2v) is 5.39. The molecule has 2 aromatic rings. The van der Waals surface area contributed by atoms with Crippen LogP contribution in [-0.4, -0.2) is 12.1 Å². The normalized spacial score (nSPS) is 10.6. The monoisotopic (exact) mass is 321 g/mol. The third kappa shape index (κ3) is 3.47. The molecule has 0 saturated heterocycles. The van der Waals surface area contributed by atoms with Gasteiger partial charge in [0.15, 0.2) is 0 Å². The zero-order valence-corrected chi connectivity index (χ0v) is 12.8. The zero-order chi connectivity index (χ0) is 13.8. The number of aromatic nitrogens is 1. The molecular formula is C15H16BrNO2. The first kappa shape index (κ1) is 13.9. The summed E-state index contributed by atoms with van der Waals surface area (Å²) in [4.78, 5) is 4.21. The maximum absolute atomic E-state index is 5.84. The highest BCUT2D eigenvalue weighted by Crippen LogP contribution is 2.32. The molecule has 0 unspecified atom stereocenters.